The van der Waals surface area contributed by atoms with Crippen molar-refractivity contribution >= 4 is 27.8 Å². The zero-order valence-corrected chi connectivity index (χ0v) is 13.9. The molecule has 124 valence electrons. The fraction of sp³-hybridized carbons (Fsp3) is 0.667. The van der Waals surface area contributed by atoms with Crippen molar-refractivity contribution in [3.63, 3.8) is 0 Å². The Kier molecular flexibility index (Phi) is 6.52. The largest absolute Gasteiger partial charge is 0.337 e. The van der Waals surface area contributed by atoms with Crippen LogP contribution in [0.1, 0.15) is 0 Å². The van der Waals surface area contributed by atoms with E-state index in [-0.39, 0.29) is 18.3 Å². The van der Waals surface area contributed by atoms with Crippen molar-refractivity contribution in [2.24, 2.45) is 0 Å². The van der Waals surface area contributed by atoms with Crippen LogP contribution in [-0.2, 0) is 16.6 Å². The van der Waals surface area contributed by atoms with Gasteiger partial charge < -0.3 is 15.2 Å². The number of aromatic nitrogens is 2. The topological polar surface area (TPSA) is 96.3 Å². The van der Waals surface area contributed by atoms with E-state index in [0.29, 0.717) is 26.2 Å². The Morgan fingerprint density at radius 3 is 2.64 bits per heavy atom. The van der Waals surface area contributed by atoms with Gasteiger partial charge >= 0.3 is 6.03 Å². The molecule has 10 heteroatoms. The summed E-state index contributed by atoms with van der Waals surface area (Å²) < 4.78 is 27.5. The summed E-state index contributed by atoms with van der Waals surface area (Å²) in [5.74, 6) is 1.61. The van der Waals surface area contributed by atoms with Gasteiger partial charge in [0.25, 0.3) is 0 Å². The van der Waals surface area contributed by atoms with Crippen LogP contribution in [0.3, 0.4) is 0 Å². The average Bonchev–Trinajstić information content (AvgIpc) is 3.01. The first kappa shape index (κ1) is 17.1. The number of rotatable bonds is 7. The minimum atomic E-state index is -3.27. The van der Waals surface area contributed by atoms with Gasteiger partial charge in [-0.1, -0.05) is 0 Å². The second-order valence-corrected chi connectivity index (χ2v) is 8.12. The number of amides is 2. The average molecular weight is 347 g/mol. The molecule has 1 aromatic rings. The van der Waals surface area contributed by atoms with Crippen molar-refractivity contribution in [2.45, 2.75) is 6.54 Å². The van der Waals surface area contributed by atoms with Crippen LogP contribution in [0.4, 0.5) is 4.79 Å². The quantitative estimate of drug-likeness (QED) is 0.697. The molecule has 2 N–H and O–H groups in total. The Morgan fingerprint density at radius 1 is 1.23 bits per heavy atom. The van der Waals surface area contributed by atoms with E-state index < -0.39 is 10.0 Å². The van der Waals surface area contributed by atoms with Crippen LogP contribution < -0.4 is 10.6 Å². The molecule has 0 aromatic carbocycles. The first-order valence-corrected chi connectivity index (χ1v) is 9.87. The monoisotopic (exact) mass is 347 g/mol. The third-order valence-corrected chi connectivity index (χ3v) is 6.04. The summed E-state index contributed by atoms with van der Waals surface area (Å²) in [7, 11) is -3.27. The number of imidazole rings is 1. The van der Waals surface area contributed by atoms with Gasteiger partial charge in [0.2, 0.25) is 10.0 Å². The SMILES string of the molecule is O=C(NCCn1ccnc1)NCCS(=O)(=O)N1CCSCC1. The molecular formula is C12H21N5O3S2. The molecule has 0 spiro atoms. The summed E-state index contributed by atoms with van der Waals surface area (Å²) in [6.45, 7) is 2.31. The van der Waals surface area contributed by atoms with Crippen molar-refractivity contribution in [2.75, 3.05) is 43.4 Å². The molecule has 1 aliphatic heterocycles. The Labute approximate surface area is 134 Å². The Balaban J connectivity index is 1.61. The molecule has 1 aliphatic rings. The fourth-order valence-electron chi connectivity index (χ4n) is 2.03. The zero-order valence-electron chi connectivity index (χ0n) is 12.3. The lowest BCUT2D eigenvalue weighted by Crippen LogP contribution is -2.44. The van der Waals surface area contributed by atoms with Crippen molar-refractivity contribution in [3.8, 4) is 0 Å². The lowest BCUT2D eigenvalue weighted by molar-refractivity contribution is 0.241. The first-order valence-electron chi connectivity index (χ1n) is 7.11. The van der Waals surface area contributed by atoms with E-state index in [9.17, 15) is 13.2 Å². The smallest absolute Gasteiger partial charge is 0.314 e. The van der Waals surface area contributed by atoms with E-state index in [1.165, 1.54) is 4.31 Å². The first-order chi connectivity index (χ1) is 10.6. The van der Waals surface area contributed by atoms with Crippen molar-refractivity contribution in [3.05, 3.63) is 18.7 Å². The maximum absolute atomic E-state index is 12.1. The van der Waals surface area contributed by atoms with E-state index in [2.05, 4.69) is 15.6 Å². The third-order valence-electron chi connectivity index (χ3n) is 3.22. The summed E-state index contributed by atoms with van der Waals surface area (Å²) in [5, 5.41) is 5.25. The van der Waals surface area contributed by atoms with Gasteiger partial charge in [-0.2, -0.15) is 11.8 Å². The molecule has 0 atom stereocenters. The molecule has 2 heterocycles. The molecule has 0 bridgehead atoms. The van der Waals surface area contributed by atoms with Gasteiger partial charge in [-0.25, -0.2) is 22.5 Å². The molecule has 0 saturated carbocycles. The van der Waals surface area contributed by atoms with Crippen LogP contribution in [0.2, 0.25) is 0 Å². The van der Waals surface area contributed by atoms with Crippen LogP contribution in [0, 0.1) is 0 Å². The number of carbonyl (C=O) groups is 1. The van der Waals surface area contributed by atoms with Crippen molar-refractivity contribution in [1.29, 1.82) is 0 Å². The number of hydrogen-bond acceptors (Lipinski definition) is 5. The zero-order chi connectivity index (χ0) is 15.8. The van der Waals surface area contributed by atoms with Crippen molar-refractivity contribution < 1.29 is 13.2 Å². The fourth-order valence-corrected chi connectivity index (χ4v) is 4.52. The Bertz CT molecular complexity index is 555. The predicted octanol–water partition coefficient (Wildman–Crippen LogP) is -0.439. The van der Waals surface area contributed by atoms with Gasteiger partial charge in [-0.3, -0.25) is 0 Å². The molecular weight excluding hydrogens is 326 g/mol. The number of urea groups is 1. The van der Waals surface area contributed by atoms with Gasteiger partial charge in [-0.15, -0.1) is 0 Å². The number of nitrogens with one attached hydrogen (secondary N) is 2. The van der Waals surface area contributed by atoms with Crippen LogP contribution in [0.5, 0.6) is 0 Å². The number of nitrogens with zero attached hydrogens (tertiary/aromatic N) is 3. The molecule has 1 fully saturated rings. The molecule has 0 unspecified atom stereocenters. The molecule has 1 saturated heterocycles. The summed E-state index contributed by atoms with van der Waals surface area (Å²) in [6, 6.07) is -0.357. The van der Waals surface area contributed by atoms with Gasteiger partial charge in [0, 0.05) is 56.6 Å². The van der Waals surface area contributed by atoms with Crippen LogP contribution in [0.15, 0.2) is 18.7 Å². The highest BCUT2D eigenvalue weighted by atomic mass is 32.2. The minimum Gasteiger partial charge on any atom is -0.337 e. The van der Waals surface area contributed by atoms with Crippen LogP contribution >= 0.6 is 11.8 Å². The summed E-state index contributed by atoms with van der Waals surface area (Å²) in [6.07, 6.45) is 5.15. The van der Waals surface area contributed by atoms with Gasteiger partial charge in [0.15, 0.2) is 0 Å². The van der Waals surface area contributed by atoms with Gasteiger partial charge in [0.1, 0.15) is 0 Å². The van der Waals surface area contributed by atoms with E-state index in [1.807, 2.05) is 10.8 Å². The van der Waals surface area contributed by atoms with E-state index in [4.69, 9.17) is 0 Å². The van der Waals surface area contributed by atoms with Crippen LogP contribution in [-0.4, -0.2) is 71.7 Å². The highest BCUT2D eigenvalue weighted by molar-refractivity contribution is 7.99. The predicted molar refractivity (Wildman–Crippen MR) is 86.3 cm³/mol. The molecule has 1 aromatic heterocycles. The van der Waals surface area contributed by atoms with E-state index in [1.54, 1.807) is 24.3 Å². The maximum Gasteiger partial charge on any atom is 0.314 e. The normalized spacial score (nSPS) is 16.4. The summed E-state index contributed by atoms with van der Waals surface area (Å²) in [4.78, 5) is 15.5. The molecule has 2 amide bonds. The molecule has 8 nitrogen and oxygen atoms in total. The lowest BCUT2D eigenvalue weighted by Gasteiger charge is -2.25. The summed E-state index contributed by atoms with van der Waals surface area (Å²) in [5.41, 5.74) is 0. The number of thioether (sulfide) groups is 1. The lowest BCUT2D eigenvalue weighted by atomic mass is 10.6. The standard InChI is InChI=1S/C12H21N5O3S2/c18-12(14-2-5-16-4-1-13-11-16)15-3-10-22(19,20)17-6-8-21-9-7-17/h1,4,11H,2-3,5-10H2,(H2,14,15,18). The Morgan fingerprint density at radius 2 is 1.95 bits per heavy atom. The van der Waals surface area contributed by atoms with Crippen LogP contribution in [0.25, 0.3) is 0 Å². The second kappa shape index (κ2) is 8.39. The van der Waals surface area contributed by atoms with Gasteiger partial charge in [-0.05, 0) is 0 Å². The van der Waals surface area contributed by atoms with E-state index in [0.717, 1.165) is 11.5 Å². The molecule has 0 radical (unpaired) electrons. The maximum atomic E-state index is 12.1. The minimum absolute atomic E-state index is 0.0629. The Hall–Kier alpha value is -1.26. The highest BCUT2D eigenvalue weighted by Gasteiger charge is 2.23. The molecule has 22 heavy (non-hydrogen) atoms. The second-order valence-electron chi connectivity index (χ2n) is 4.81. The third kappa shape index (κ3) is 5.50. The van der Waals surface area contributed by atoms with Crippen molar-refractivity contribution in [1.82, 2.24) is 24.5 Å². The van der Waals surface area contributed by atoms with E-state index >= 15 is 0 Å². The molecule has 0 aliphatic carbocycles. The summed E-state index contributed by atoms with van der Waals surface area (Å²) >= 11 is 1.76. The number of sulfonamides is 1. The highest BCUT2D eigenvalue weighted by Crippen LogP contribution is 2.12. The molecule has 2 rings (SSSR count). The number of carbonyl (C=O) groups excluding carboxylic acids is 1. The van der Waals surface area contributed by atoms with Gasteiger partial charge in [0.05, 0.1) is 12.1 Å². The number of hydrogen-bond donors (Lipinski definition) is 2.